The quantitative estimate of drug-likeness (QED) is 0.619. The van der Waals surface area contributed by atoms with Gasteiger partial charge in [-0.1, -0.05) is 0 Å². The molecule has 0 bridgehead atoms. The van der Waals surface area contributed by atoms with Gasteiger partial charge in [0.2, 0.25) is 5.82 Å². The van der Waals surface area contributed by atoms with E-state index < -0.39 is 11.0 Å². The Bertz CT molecular complexity index is 514. The van der Waals surface area contributed by atoms with Crippen LogP contribution in [-0.4, -0.2) is 56.5 Å². The third-order valence-corrected chi connectivity index (χ3v) is 3.26. The minimum absolute atomic E-state index is 0.0573. The SMILES string of the molecule is CC1CN(C(=O)O)CCN1c1c([N+](=O)[O-])cnn1C. The molecule has 104 valence electrons. The summed E-state index contributed by atoms with van der Waals surface area (Å²) >= 11 is 0. The van der Waals surface area contributed by atoms with Gasteiger partial charge in [0.25, 0.3) is 0 Å². The van der Waals surface area contributed by atoms with Crippen molar-refractivity contribution < 1.29 is 14.8 Å². The maximum Gasteiger partial charge on any atom is 0.407 e. The first kappa shape index (κ1) is 13.1. The number of carbonyl (C=O) groups is 1. The topological polar surface area (TPSA) is 105 Å². The molecule has 0 saturated carbocycles. The highest BCUT2D eigenvalue weighted by molar-refractivity contribution is 5.66. The maximum absolute atomic E-state index is 11.0. The van der Waals surface area contributed by atoms with Crippen molar-refractivity contribution in [2.45, 2.75) is 13.0 Å². The maximum atomic E-state index is 11.0. The van der Waals surface area contributed by atoms with Crippen LogP contribution in [0.15, 0.2) is 6.20 Å². The lowest BCUT2D eigenvalue weighted by molar-refractivity contribution is -0.384. The zero-order valence-electron chi connectivity index (χ0n) is 10.7. The monoisotopic (exact) mass is 269 g/mol. The van der Waals surface area contributed by atoms with Crippen LogP contribution in [0.2, 0.25) is 0 Å². The number of amides is 1. The van der Waals surface area contributed by atoms with Crippen LogP contribution in [0.4, 0.5) is 16.3 Å². The molecule has 1 aliphatic rings. The molecule has 1 atom stereocenters. The van der Waals surface area contributed by atoms with Crippen LogP contribution in [-0.2, 0) is 7.05 Å². The van der Waals surface area contributed by atoms with Crippen molar-refractivity contribution in [2.75, 3.05) is 24.5 Å². The molecule has 1 aliphatic heterocycles. The van der Waals surface area contributed by atoms with Crippen molar-refractivity contribution >= 4 is 17.6 Å². The fourth-order valence-electron chi connectivity index (χ4n) is 2.33. The number of anilines is 1. The summed E-state index contributed by atoms with van der Waals surface area (Å²) in [5, 5.41) is 23.8. The van der Waals surface area contributed by atoms with E-state index in [0.29, 0.717) is 25.5 Å². The normalized spacial score (nSPS) is 19.6. The molecule has 1 N–H and O–H groups in total. The third kappa shape index (κ3) is 2.30. The van der Waals surface area contributed by atoms with Gasteiger partial charge in [-0.25, -0.2) is 9.48 Å². The number of rotatable bonds is 2. The molecule has 0 aromatic carbocycles. The third-order valence-electron chi connectivity index (χ3n) is 3.26. The summed E-state index contributed by atoms with van der Waals surface area (Å²) in [5.74, 6) is 0.419. The Morgan fingerprint density at radius 1 is 1.58 bits per heavy atom. The molecule has 9 nitrogen and oxygen atoms in total. The van der Waals surface area contributed by atoms with Gasteiger partial charge in [-0.05, 0) is 6.92 Å². The minimum Gasteiger partial charge on any atom is -0.465 e. The second kappa shape index (κ2) is 4.75. The smallest absolute Gasteiger partial charge is 0.407 e. The molecule has 0 radical (unpaired) electrons. The lowest BCUT2D eigenvalue weighted by atomic mass is 10.2. The Morgan fingerprint density at radius 2 is 2.26 bits per heavy atom. The van der Waals surface area contributed by atoms with Crippen LogP contribution in [0.5, 0.6) is 0 Å². The second-order valence-electron chi connectivity index (χ2n) is 4.51. The van der Waals surface area contributed by atoms with Crippen molar-refractivity contribution in [3.8, 4) is 0 Å². The lowest BCUT2D eigenvalue weighted by Crippen LogP contribution is -2.54. The van der Waals surface area contributed by atoms with Crippen LogP contribution in [0.3, 0.4) is 0 Å². The fourth-order valence-corrected chi connectivity index (χ4v) is 2.33. The number of hydrogen-bond acceptors (Lipinski definition) is 5. The molecule has 2 rings (SSSR count). The number of carboxylic acid groups (broad SMARTS) is 1. The molecule has 2 heterocycles. The predicted molar refractivity (Wildman–Crippen MR) is 66.3 cm³/mol. The summed E-state index contributed by atoms with van der Waals surface area (Å²) in [6, 6.07) is -0.140. The first-order valence-electron chi connectivity index (χ1n) is 5.82. The van der Waals surface area contributed by atoms with Crippen molar-refractivity contribution in [3.05, 3.63) is 16.3 Å². The first-order valence-corrected chi connectivity index (χ1v) is 5.82. The van der Waals surface area contributed by atoms with E-state index in [2.05, 4.69) is 5.10 Å². The van der Waals surface area contributed by atoms with Crippen LogP contribution < -0.4 is 4.90 Å². The number of hydrogen-bond donors (Lipinski definition) is 1. The highest BCUT2D eigenvalue weighted by Crippen LogP contribution is 2.29. The van der Waals surface area contributed by atoms with E-state index >= 15 is 0 Å². The first-order chi connectivity index (χ1) is 8.91. The van der Waals surface area contributed by atoms with Gasteiger partial charge in [-0.15, -0.1) is 0 Å². The molecular weight excluding hydrogens is 254 g/mol. The molecule has 1 amide bonds. The van der Waals surface area contributed by atoms with Gasteiger partial charge < -0.3 is 14.9 Å². The minimum atomic E-state index is -0.967. The summed E-state index contributed by atoms with van der Waals surface area (Å²) in [7, 11) is 1.64. The largest absolute Gasteiger partial charge is 0.465 e. The number of aromatic nitrogens is 2. The summed E-state index contributed by atoms with van der Waals surface area (Å²) in [5.41, 5.74) is -0.0573. The molecule has 9 heteroatoms. The molecule has 0 spiro atoms. The van der Waals surface area contributed by atoms with Crippen molar-refractivity contribution in [1.29, 1.82) is 0 Å². The van der Waals surface area contributed by atoms with Gasteiger partial charge in [-0.3, -0.25) is 10.1 Å². The van der Waals surface area contributed by atoms with E-state index in [4.69, 9.17) is 5.11 Å². The summed E-state index contributed by atoms with van der Waals surface area (Å²) in [6.07, 6.45) is 0.247. The number of nitro groups is 1. The van der Waals surface area contributed by atoms with E-state index in [0.717, 1.165) is 0 Å². The van der Waals surface area contributed by atoms with Crippen LogP contribution in [0.1, 0.15) is 6.92 Å². The van der Waals surface area contributed by atoms with Gasteiger partial charge in [0.15, 0.2) is 0 Å². The number of aryl methyl sites for hydroxylation is 1. The Morgan fingerprint density at radius 3 is 2.79 bits per heavy atom. The van der Waals surface area contributed by atoms with Crippen LogP contribution >= 0.6 is 0 Å². The average molecular weight is 269 g/mol. The molecule has 1 saturated heterocycles. The summed E-state index contributed by atoms with van der Waals surface area (Å²) in [4.78, 5) is 24.6. The Balaban J connectivity index is 2.26. The average Bonchev–Trinajstić information content (AvgIpc) is 2.71. The van der Waals surface area contributed by atoms with E-state index in [1.807, 2.05) is 11.8 Å². The molecular formula is C10H15N5O4. The highest BCUT2D eigenvalue weighted by atomic mass is 16.6. The summed E-state index contributed by atoms with van der Waals surface area (Å²) in [6.45, 7) is 2.89. The fraction of sp³-hybridized carbons (Fsp3) is 0.600. The Kier molecular flexibility index (Phi) is 3.28. The Labute approximate surface area is 109 Å². The predicted octanol–water partition coefficient (Wildman–Crippen LogP) is 0.517. The van der Waals surface area contributed by atoms with E-state index in [1.54, 1.807) is 7.05 Å². The Hall–Kier alpha value is -2.32. The van der Waals surface area contributed by atoms with E-state index in [9.17, 15) is 14.9 Å². The van der Waals surface area contributed by atoms with Gasteiger partial charge in [-0.2, -0.15) is 5.10 Å². The molecule has 19 heavy (non-hydrogen) atoms. The number of nitrogens with zero attached hydrogens (tertiary/aromatic N) is 5. The summed E-state index contributed by atoms with van der Waals surface area (Å²) < 4.78 is 1.45. The zero-order chi connectivity index (χ0) is 14.2. The van der Waals surface area contributed by atoms with Crippen LogP contribution in [0, 0.1) is 10.1 Å². The lowest BCUT2D eigenvalue weighted by Gasteiger charge is -2.39. The van der Waals surface area contributed by atoms with Crippen molar-refractivity contribution in [1.82, 2.24) is 14.7 Å². The van der Waals surface area contributed by atoms with Gasteiger partial charge in [0, 0.05) is 32.7 Å². The molecule has 1 fully saturated rings. The molecule has 0 aliphatic carbocycles. The standard InChI is InChI=1S/C10H15N5O4/c1-7-6-13(10(16)17)3-4-14(7)9-8(15(18)19)5-11-12(9)2/h5,7H,3-4,6H2,1-2H3,(H,16,17). The van der Waals surface area contributed by atoms with E-state index in [-0.39, 0.29) is 11.7 Å². The molecule has 1 aromatic heterocycles. The second-order valence-corrected chi connectivity index (χ2v) is 4.51. The van der Waals surface area contributed by atoms with Gasteiger partial charge >= 0.3 is 11.8 Å². The highest BCUT2D eigenvalue weighted by Gasteiger charge is 2.33. The molecule has 1 unspecified atom stereocenters. The van der Waals surface area contributed by atoms with Crippen LogP contribution in [0.25, 0.3) is 0 Å². The van der Waals surface area contributed by atoms with Gasteiger partial charge in [0.1, 0.15) is 6.20 Å². The molecule has 1 aromatic rings. The van der Waals surface area contributed by atoms with Crippen molar-refractivity contribution in [3.63, 3.8) is 0 Å². The zero-order valence-corrected chi connectivity index (χ0v) is 10.7. The number of piperazine rings is 1. The van der Waals surface area contributed by atoms with Gasteiger partial charge in [0.05, 0.1) is 4.92 Å². The van der Waals surface area contributed by atoms with Crippen molar-refractivity contribution in [2.24, 2.45) is 7.05 Å². The van der Waals surface area contributed by atoms with E-state index in [1.165, 1.54) is 15.8 Å².